The van der Waals surface area contributed by atoms with Crippen molar-refractivity contribution in [2.45, 2.75) is 38.3 Å². The maximum Gasteiger partial charge on any atom is 0.127 e. The Balaban J connectivity index is 1.75. The van der Waals surface area contributed by atoms with Crippen LogP contribution in [0.2, 0.25) is 0 Å². The Hall–Kier alpha value is -0.930. The summed E-state index contributed by atoms with van der Waals surface area (Å²) in [6.45, 7) is 0.434. The van der Waals surface area contributed by atoms with E-state index in [-0.39, 0.29) is 5.82 Å². The largest absolute Gasteiger partial charge is 0.298 e. The van der Waals surface area contributed by atoms with Gasteiger partial charge in [-0.15, -0.1) is 0 Å². The molecule has 1 aromatic rings. The van der Waals surface area contributed by atoms with Crippen molar-refractivity contribution >= 4 is 0 Å². The summed E-state index contributed by atoms with van der Waals surface area (Å²) in [5.41, 5.74) is 3.49. The number of rotatable bonds is 4. The minimum absolute atomic E-state index is 0.181. The highest BCUT2D eigenvalue weighted by Crippen LogP contribution is 2.20. The van der Waals surface area contributed by atoms with Gasteiger partial charge >= 0.3 is 0 Å². The molecule has 0 atom stereocenters. The molecule has 1 N–H and O–H groups in total. The number of hydrogen-bond acceptors (Lipinski definition) is 2. The van der Waals surface area contributed by atoms with Crippen LogP contribution in [0.15, 0.2) is 24.3 Å². The van der Waals surface area contributed by atoms with Gasteiger partial charge in [-0.2, -0.15) is 5.48 Å². The van der Waals surface area contributed by atoms with E-state index in [0.29, 0.717) is 18.2 Å². The van der Waals surface area contributed by atoms with E-state index in [1.54, 1.807) is 12.1 Å². The zero-order chi connectivity index (χ0) is 10.5. The van der Waals surface area contributed by atoms with E-state index in [2.05, 4.69) is 5.48 Å². The molecule has 0 aromatic heterocycles. The van der Waals surface area contributed by atoms with Gasteiger partial charge in [-0.3, -0.25) is 4.84 Å². The number of benzene rings is 1. The van der Waals surface area contributed by atoms with E-state index in [0.717, 1.165) is 12.8 Å². The molecule has 0 saturated heterocycles. The van der Waals surface area contributed by atoms with Gasteiger partial charge in [0.15, 0.2) is 0 Å². The second-order valence-electron chi connectivity index (χ2n) is 3.94. The molecular formula is C12H16FNO. The molecule has 0 amide bonds. The van der Waals surface area contributed by atoms with Crippen molar-refractivity contribution in [3.8, 4) is 0 Å². The van der Waals surface area contributed by atoms with Crippen LogP contribution in [0, 0.1) is 5.82 Å². The Bertz CT molecular complexity index is 310. The lowest BCUT2D eigenvalue weighted by molar-refractivity contribution is -0.0248. The van der Waals surface area contributed by atoms with Crippen molar-refractivity contribution in [1.82, 2.24) is 5.48 Å². The fourth-order valence-electron chi connectivity index (χ4n) is 1.89. The number of halogens is 1. The highest BCUT2D eigenvalue weighted by atomic mass is 19.1. The van der Waals surface area contributed by atoms with Gasteiger partial charge in [-0.25, -0.2) is 4.39 Å². The zero-order valence-corrected chi connectivity index (χ0v) is 8.71. The van der Waals surface area contributed by atoms with Crippen molar-refractivity contribution in [2.75, 3.05) is 0 Å². The van der Waals surface area contributed by atoms with Gasteiger partial charge in [0.1, 0.15) is 5.82 Å². The fraction of sp³-hybridized carbons (Fsp3) is 0.500. The lowest BCUT2D eigenvalue weighted by Crippen LogP contribution is -2.21. The van der Waals surface area contributed by atoms with E-state index in [1.807, 2.05) is 6.07 Å². The summed E-state index contributed by atoms with van der Waals surface area (Å²) in [5, 5.41) is 0. The van der Waals surface area contributed by atoms with Crippen molar-refractivity contribution in [1.29, 1.82) is 0 Å². The first kappa shape index (κ1) is 10.6. The molecule has 1 fully saturated rings. The summed E-state index contributed by atoms with van der Waals surface area (Å²) in [4.78, 5) is 5.45. The predicted molar refractivity (Wildman–Crippen MR) is 56.6 cm³/mol. The smallest absolute Gasteiger partial charge is 0.127 e. The molecule has 0 spiro atoms. The van der Waals surface area contributed by atoms with Crippen molar-refractivity contribution in [2.24, 2.45) is 0 Å². The second-order valence-corrected chi connectivity index (χ2v) is 3.94. The van der Waals surface area contributed by atoms with E-state index in [4.69, 9.17) is 4.84 Å². The molecule has 0 bridgehead atoms. The van der Waals surface area contributed by atoms with Crippen LogP contribution in [-0.2, 0) is 11.4 Å². The van der Waals surface area contributed by atoms with Crippen LogP contribution < -0.4 is 5.48 Å². The van der Waals surface area contributed by atoms with Crippen molar-refractivity contribution in [3.63, 3.8) is 0 Å². The average molecular weight is 209 g/mol. The molecule has 0 radical (unpaired) electrons. The lowest BCUT2D eigenvalue weighted by Gasteiger charge is -2.11. The lowest BCUT2D eigenvalue weighted by atomic mass is 10.2. The second kappa shape index (κ2) is 5.24. The molecule has 82 valence electrons. The van der Waals surface area contributed by atoms with Crippen LogP contribution in [0.3, 0.4) is 0 Å². The normalized spacial score (nSPS) is 17.1. The molecule has 2 nitrogen and oxygen atoms in total. The summed E-state index contributed by atoms with van der Waals surface area (Å²) < 4.78 is 13.2. The molecule has 1 aliphatic carbocycles. The summed E-state index contributed by atoms with van der Waals surface area (Å²) in [5.74, 6) is -0.181. The third kappa shape index (κ3) is 3.01. The van der Waals surface area contributed by atoms with Gasteiger partial charge in [0.25, 0.3) is 0 Å². The Morgan fingerprint density at radius 1 is 1.27 bits per heavy atom. The average Bonchev–Trinajstić information content (AvgIpc) is 2.74. The molecule has 0 unspecified atom stereocenters. The molecule has 1 aliphatic rings. The number of nitrogens with one attached hydrogen (secondary N) is 1. The predicted octanol–water partition coefficient (Wildman–Crippen LogP) is 2.79. The summed E-state index contributed by atoms with van der Waals surface area (Å²) in [6.07, 6.45) is 5.03. The van der Waals surface area contributed by atoms with Crippen LogP contribution in [0.25, 0.3) is 0 Å². The van der Waals surface area contributed by atoms with Gasteiger partial charge in [0.2, 0.25) is 0 Å². The molecule has 3 heteroatoms. The molecular weight excluding hydrogens is 193 g/mol. The topological polar surface area (TPSA) is 21.3 Å². The van der Waals surface area contributed by atoms with E-state index < -0.39 is 0 Å². The van der Waals surface area contributed by atoms with Gasteiger partial charge in [0.05, 0.1) is 6.10 Å². The highest BCUT2D eigenvalue weighted by molar-refractivity contribution is 5.16. The van der Waals surface area contributed by atoms with Crippen molar-refractivity contribution in [3.05, 3.63) is 35.6 Å². The number of hydroxylamine groups is 1. The summed E-state index contributed by atoms with van der Waals surface area (Å²) in [7, 11) is 0. The van der Waals surface area contributed by atoms with Crippen LogP contribution >= 0.6 is 0 Å². The number of hydrogen-bond donors (Lipinski definition) is 1. The van der Waals surface area contributed by atoms with Crippen LogP contribution in [-0.4, -0.2) is 6.10 Å². The molecule has 2 rings (SSSR count). The maximum absolute atomic E-state index is 13.2. The summed E-state index contributed by atoms with van der Waals surface area (Å²) in [6, 6.07) is 6.75. The van der Waals surface area contributed by atoms with Gasteiger partial charge < -0.3 is 0 Å². The van der Waals surface area contributed by atoms with Gasteiger partial charge in [0, 0.05) is 12.1 Å². The molecule has 0 aliphatic heterocycles. The van der Waals surface area contributed by atoms with E-state index in [1.165, 1.54) is 18.9 Å². The maximum atomic E-state index is 13.2. The third-order valence-electron chi connectivity index (χ3n) is 2.77. The van der Waals surface area contributed by atoms with Crippen LogP contribution in [0.1, 0.15) is 31.2 Å². The monoisotopic (exact) mass is 209 g/mol. The summed E-state index contributed by atoms with van der Waals surface area (Å²) >= 11 is 0. The quantitative estimate of drug-likeness (QED) is 0.770. The van der Waals surface area contributed by atoms with Crippen LogP contribution in [0.5, 0.6) is 0 Å². The Morgan fingerprint density at radius 3 is 2.73 bits per heavy atom. The minimum atomic E-state index is -0.181. The molecule has 1 saturated carbocycles. The van der Waals surface area contributed by atoms with E-state index >= 15 is 0 Å². The molecule has 1 aromatic carbocycles. The Kier molecular flexibility index (Phi) is 3.69. The highest BCUT2D eigenvalue weighted by Gasteiger charge is 2.15. The third-order valence-corrected chi connectivity index (χ3v) is 2.77. The first-order chi connectivity index (χ1) is 7.36. The first-order valence-corrected chi connectivity index (χ1v) is 5.48. The minimum Gasteiger partial charge on any atom is -0.298 e. The van der Waals surface area contributed by atoms with Crippen molar-refractivity contribution < 1.29 is 9.23 Å². The first-order valence-electron chi connectivity index (χ1n) is 5.48. The standard InChI is InChI=1S/C12H16FNO/c13-12-8-4-1-5-10(12)9-14-15-11-6-2-3-7-11/h1,4-5,8,11,14H,2-3,6-7,9H2. The Labute approximate surface area is 89.4 Å². The van der Waals surface area contributed by atoms with Gasteiger partial charge in [-0.1, -0.05) is 31.0 Å². The molecule has 15 heavy (non-hydrogen) atoms. The molecule has 0 heterocycles. The SMILES string of the molecule is Fc1ccccc1CNOC1CCCC1. The van der Waals surface area contributed by atoms with Gasteiger partial charge in [-0.05, 0) is 18.9 Å². The van der Waals surface area contributed by atoms with E-state index in [9.17, 15) is 4.39 Å². The Morgan fingerprint density at radius 2 is 2.00 bits per heavy atom. The fourth-order valence-corrected chi connectivity index (χ4v) is 1.89. The zero-order valence-electron chi connectivity index (χ0n) is 8.71. The van der Waals surface area contributed by atoms with Crippen LogP contribution in [0.4, 0.5) is 4.39 Å².